The van der Waals surface area contributed by atoms with Crippen molar-refractivity contribution in [1.82, 2.24) is 9.88 Å². The number of halogens is 1. The molecule has 0 bridgehead atoms. The minimum atomic E-state index is -0.295. The molecular formula is C15H19FN2O3. The van der Waals surface area contributed by atoms with Crippen LogP contribution in [-0.4, -0.2) is 46.4 Å². The molecule has 2 N–H and O–H groups in total. The van der Waals surface area contributed by atoms with E-state index in [9.17, 15) is 4.39 Å². The quantitative estimate of drug-likeness (QED) is 0.775. The fraction of sp³-hybridized carbons (Fsp3) is 0.400. The largest absolute Gasteiger partial charge is 0.439 e. The second kappa shape index (κ2) is 7.87. The maximum atomic E-state index is 12.9. The van der Waals surface area contributed by atoms with Gasteiger partial charge in [0.15, 0.2) is 5.76 Å². The normalized spacial score (nSPS) is 11.2. The Hall–Kier alpha value is -1.76. The Morgan fingerprint density at radius 2 is 1.86 bits per heavy atom. The first-order valence-corrected chi connectivity index (χ1v) is 6.87. The van der Waals surface area contributed by atoms with Gasteiger partial charge < -0.3 is 14.6 Å². The number of aliphatic hydroxyl groups excluding tert-OH is 2. The molecule has 0 aliphatic carbocycles. The van der Waals surface area contributed by atoms with Crippen LogP contribution in [0.25, 0.3) is 11.3 Å². The topological polar surface area (TPSA) is 69.7 Å². The monoisotopic (exact) mass is 294 g/mol. The molecular weight excluding hydrogens is 275 g/mol. The summed E-state index contributed by atoms with van der Waals surface area (Å²) < 4.78 is 18.5. The highest BCUT2D eigenvalue weighted by Gasteiger charge is 2.11. The molecule has 0 amide bonds. The van der Waals surface area contributed by atoms with Crippen molar-refractivity contribution in [3.63, 3.8) is 0 Å². The maximum Gasteiger partial charge on any atom is 0.209 e. The molecule has 2 aromatic rings. The number of aliphatic hydroxyl groups is 2. The van der Waals surface area contributed by atoms with Gasteiger partial charge in [-0.1, -0.05) is 0 Å². The lowest BCUT2D eigenvalue weighted by atomic mass is 10.2. The highest BCUT2D eigenvalue weighted by molar-refractivity contribution is 5.55. The first-order valence-electron chi connectivity index (χ1n) is 6.87. The average Bonchev–Trinajstić information content (AvgIpc) is 2.94. The van der Waals surface area contributed by atoms with Gasteiger partial charge in [-0.05, 0) is 30.7 Å². The number of oxazole rings is 1. The number of rotatable bonds is 8. The van der Waals surface area contributed by atoms with Gasteiger partial charge in [-0.15, -0.1) is 0 Å². The van der Waals surface area contributed by atoms with Crippen LogP contribution in [0.2, 0.25) is 0 Å². The Balaban J connectivity index is 2.02. The van der Waals surface area contributed by atoms with E-state index in [1.54, 1.807) is 18.3 Å². The predicted octanol–water partition coefficient (Wildman–Crippen LogP) is 1.66. The van der Waals surface area contributed by atoms with E-state index in [4.69, 9.17) is 14.6 Å². The summed E-state index contributed by atoms with van der Waals surface area (Å²) >= 11 is 0. The second-order valence-electron chi connectivity index (χ2n) is 4.70. The summed E-state index contributed by atoms with van der Waals surface area (Å²) in [6.07, 6.45) is 2.23. The van der Waals surface area contributed by atoms with Crippen molar-refractivity contribution in [3.05, 3.63) is 42.2 Å². The van der Waals surface area contributed by atoms with Crippen molar-refractivity contribution in [2.45, 2.75) is 13.0 Å². The summed E-state index contributed by atoms with van der Waals surface area (Å²) in [6.45, 7) is 1.76. The van der Waals surface area contributed by atoms with E-state index in [0.717, 1.165) is 5.56 Å². The first kappa shape index (κ1) is 15.6. The molecule has 0 atom stereocenters. The molecule has 0 radical (unpaired) electrons. The van der Waals surface area contributed by atoms with Crippen molar-refractivity contribution < 1.29 is 19.0 Å². The van der Waals surface area contributed by atoms with Crippen molar-refractivity contribution in [3.8, 4) is 11.3 Å². The number of aromatic nitrogens is 1. The minimum Gasteiger partial charge on any atom is -0.439 e. The van der Waals surface area contributed by atoms with Crippen LogP contribution in [0.1, 0.15) is 12.3 Å². The summed E-state index contributed by atoms with van der Waals surface area (Å²) in [5.74, 6) is 0.813. The van der Waals surface area contributed by atoms with E-state index >= 15 is 0 Å². The van der Waals surface area contributed by atoms with E-state index in [1.165, 1.54) is 12.1 Å². The molecule has 6 heteroatoms. The first-order chi connectivity index (χ1) is 10.2. The highest BCUT2D eigenvalue weighted by Crippen LogP contribution is 2.21. The third-order valence-corrected chi connectivity index (χ3v) is 3.09. The van der Waals surface area contributed by atoms with Gasteiger partial charge in [-0.2, -0.15) is 0 Å². The van der Waals surface area contributed by atoms with Crippen LogP contribution in [-0.2, 0) is 6.54 Å². The summed E-state index contributed by atoms with van der Waals surface area (Å²) in [5.41, 5.74) is 0.763. The Bertz CT molecular complexity index is 542. The molecule has 0 aliphatic rings. The average molecular weight is 294 g/mol. The van der Waals surface area contributed by atoms with Crippen LogP contribution in [0.3, 0.4) is 0 Å². The summed E-state index contributed by atoms with van der Waals surface area (Å²) in [5, 5.41) is 17.9. The number of benzene rings is 1. The molecule has 0 spiro atoms. The fourth-order valence-electron chi connectivity index (χ4n) is 2.03. The molecule has 0 fully saturated rings. The molecule has 114 valence electrons. The highest BCUT2D eigenvalue weighted by atomic mass is 19.1. The van der Waals surface area contributed by atoms with E-state index in [0.29, 0.717) is 37.7 Å². The molecule has 2 rings (SSSR count). The minimum absolute atomic E-state index is 0.0386. The van der Waals surface area contributed by atoms with Crippen LogP contribution >= 0.6 is 0 Å². The summed E-state index contributed by atoms with van der Waals surface area (Å²) in [4.78, 5) is 6.15. The van der Waals surface area contributed by atoms with Gasteiger partial charge in [0.1, 0.15) is 5.82 Å². The van der Waals surface area contributed by atoms with Crippen LogP contribution in [0.15, 0.2) is 34.9 Å². The van der Waals surface area contributed by atoms with E-state index < -0.39 is 0 Å². The lowest BCUT2D eigenvalue weighted by Gasteiger charge is -2.18. The molecule has 0 unspecified atom stereocenters. The van der Waals surface area contributed by atoms with Gasteiger partial charge in [0.25, 0.3) is 0 Å². The number of nitrogens with zero attached hydrogens (tertiary/aromatic N) is 2. The fourth-order valence-corrected chi connectivity index (χ4v) is 2.03. The molecule has 0 saturated carbocycles. The Morgan fingerprint density at radius 1 is 1.10 bits per heavy atom. The van der Waals surface area contributed by atoms with E-state index in [-0.39, 0.29) is 19.0 Å². The van der Waals surface area contributed by atoms with Crippen molar-refractivity contribution >= 4 is 0 Å². The third-order valence-electron chi connectivity index (χ3n) is 3.09. The van der Waals surface area contributed by atoms with Gasteiger partial charge in [0.05, 0.1) is 19.3 Å². The van der Waals surface area contributed by atoms with Crippen LogP contribution in [0.4, 0.5) is 4.39 Å². The molecule has 5 nitrogen and oxygen atoms in total. The molecule has 0 aliphatic heterocycles. The second-order valence-corrected chi connectivity index (χ2v) is 4.70. The smallest absolute Gasteiger partial charge is 0.209 e. The summed E-state index contributed by atoms with van der Waals surface area (Å²) in [6, 6.07) is 6.02. The Labute approximate surface area is 122 Å². The van der Waals surface area contributed by atoms with Gasteiger partial charge in [-0.25, -0.2) is 9.37 Å². The number of hydrogen-bond acceptors (Lipinski definition) is 5. The predicted molar refractivity (Wildman–Crippen MR) is 76.0 cm³/mol. The van der Waals surface area contributed by atoms with Gasteiger partial charge in [-0.3, -0.25) is 4.90 Å². The number of hydrogen-bond donors (Lipinski definition) is 2. The summed E-state index contributed by atoms with van der Waals surface area (Å²) in [7, 11) is 0. The van der Waals surface area contributed by atoms with Gasteiger partial charge in [0.2, 0.25) is 5.89 Å². The Kier molecular flexibility index (Phi) is 5.86. The lowest BCUT2D eigenvalue weighted by Crippen LogP contribution is -2.28. The van der Waals surface area contributed by atoms with E-state index in [2.05, 4.69) is 4.98 Å². The SMILES string of the molecule is OCCCN(CCO)Cc1ncc(-c2ccc(F)cc2)o1. The van der Waals surface area contributed by atoms with Crippen molar-refractivity contribution in [2.75, 3.05) is 26.3 Å². The standard InChI is InChI=1S/C15H19FN2O3/c16-13-4-2-12(3-5-13)14-10-17-15(21-14)11-18(7-9-20)6-1-8-19/h2-5,10,19-20H,1,6-9,11H2. The maximum absolute atomic E-state index is 12.9. The van der Waals surface area contributed by atoms with E-state index in [1.807, 2.05) is 4.90 Å². The molecule has 1 aromatic carbocycles. The van der Waals surface area contributed by atoms with Crippen molar-refractivity contribution in [1.29, 1.82) is 0 Å². The van der Waals surface area contributed by atoms with Crippen molar-refractivity contribution in [2.24, 2.45) is 0 Å². The van der Waals surface area contributed by atoms with Crippen LogP contribution in [0, 0.1) is 5.82 Å². The Morgan fingerprint density at radius 3 is 2.52 bits per heavy atom. The zero-order valence-corrected chi connectivity index (χ0v) is 11.7. The molecule has 1 heterocycles. The molecule has 0 saturated heterocycles. The molecule has 1 aromatic heterocycles. The lowest BCUT2D eigenvalue weighted by molar-refractivity contribution is 0.164. The zero-order valence-electron chi connectivity index (χ0n) is 11.7. The van der Waals surface area contributed by atoms with Gasteiger partial charge in [0, 0.05) is 25.3 Å². The van der Waals surface area contributed by atoms with Crippen LogP contribution < -0.4 is 0 Å². The van der Waals surface area contributed by atoms with Crippen LogP contribution in [0.5, 0.6) is 0 Å². The van der Waals surface area contributed by atoms with Gasteiger partial charge >= 0.3 is 0 Å². The zero-order chi connectivity index (χ0) is 15.1. The third kappa shape index (κ3) is 4.63. The molecule has 21 heavy (non-hydrogen) atoms.